The summed E-state index contributed by atoms with van der Waals surface area (Å²) >= 11 is 15.1. The first-order valence-corrected chi connectivity index (χ1v) is 7.34. The Morgan fingerprint density at radius 2 is 1.94 bits per heavy atom. The van der Waals surface area contributed by atoms with E-state index in [4.69, 9.17) is 23.2 Å². The Morgan fingerprint density at radius 3 is 2.39 bits per heavy atom. The molecule has 0 saturated heterocycles. The third-order valence-corrected chi connectivity index (χ3v) is 3.06. The maximum Gasteiger partial charge on any atom is 0.176 e. The van der Waals surface area contributed by atoms with Gasteiger partial charge in [0, 0.05) is 5.70 Å². The minimum Gasteiger partial charge on any atom is -0.358 e. The number of alkyl halides is 1. The number of ketones is 1. The van der Waals surface area contributed by atoms with Crippen molar-refractivity contribution in [2.75, 3.05) is 10.6 Å². The highest BCUT2D eigenvalue weighted by Gasteiger charge is 2.16. The first-order valence-electron chi connectivity index (χ1n) is 5.47. The minimum atomic E-state index is -0.152. The van der Waals surface area contributed by atoms with Gasteiger partial charge in [0.25, 0.3) is 0 Å². The van der Waals surface area contributed by atoms with Gasteiger partial charge in [0.2, 0.25) is 0 Å². The molecule has 0 aliphatic rings. The van der Waals surface area contributed by atoms with Gasteiger partial charge in [-0.15, -0.1) is 0 Å². The van der Waals surface area contributed by atoms with Crippen LogP contribution in [-0.4, -0.2) is 11.1 Å². The number of hydrogen-bond donors (Lipinski definition) is 1. The third kappa shape index (κ3) is 4.63. The van der Waals surface area contributed by atoms with Gasteiger partial charge in [0.05, 0.1) is 26.6 Å². The van der Waals surface area contributed by atoms with Crippen molar-refractivity contribution < 1.29 is 4.79 Å². The molecule has 0 fully saturated rings. The molecule has 0 unspecified atom stereocenters. The van der Waals surface area contributed by atoms with E-state index in [9.17, 15) is 4.79 Å². The van der Waals surface area contributed by atoms with E-state index in [2.05, 4.69) is 27.8 Å². The first kappa shape index (κ1) is 17.5. The molecule has 0 spiro atoms. The standard InChI is InChI=1S/C11H10BrCl2NO.C2H6/c1-6(2)15-8-4-3-7(13)10(11(8)14)9(16)5-12;1-2/h3-4,15H,1,5H2,2H3;1-2H3. The van der Waals surface area contributed by atoms with E-state index in [0.29, 0.717) is 21.3 Å². The van der Waals surface area contributed by atoms with E-state index in [1.54, 1.807) is 19.1 Å². The Morgan fingerprint density at radius 1 is 1.39 bits per heavy atom. The lowest BCUT2D eigenvalue weighted by Gasteiger charge is -2.11. The fourth-order valence-corrected chi connectivity index (χ4v) is 2.11. The normalized spacial score (nSPS) is 9.22. The Kier molecular flexibility index (Phi) is 8.32. The summed E-state index contributed by atoms with van der Waals surface area (Å²) in [5, 5.41) is 3.82. The lowest BCUT2D eigenvalue weighted by molar-refractivity contribution is 0.102. The van der Waals surface area contributed by atoms with Gasteiger partial charge in [-0.25, -0.2) is 0 Å². The number of carbonyl (C=O) groups is 1. The van der Waals surface area contributed by atoms with E-state index < -0.39 is 0 Å². The molecule has 1 rings (SSSR count). The predicted molar refractivity (Wildman–Crippen MR) is 84.4 cm³/mol. The topological polar surface area (TPSA) is 29.1 Å². The molecule has 1 aromatic rings. The Hall–Kier alpha value is -0.510. The summed E-state index contributed by atoms with van der Waals surface area (Å²) in [6, 6.07) is 3.35. The van der Waals surface area contributed by atoms with Crippen LogP contribution in [-0.2, 0) is 0 Å². The number of anilines is 1. The number of rotatable bonds is 4. The van der Waals surface area contributed by atoms with Gasteiger partial charge >= 0.3 is 0 Å². The highest BCUT2D eigenvalue weighted by molar-refractivity contribution is 9.09. The van der Waals surface area contributed by atoms with Crippen molar-refractivity contribution in [1.82, 2.24) is 0 Å². The molecule has 2 nitrogen and oxygen atoms in total. The van der Waals surface area contributed by atoms with Crippen LogP contribution in [0.4, 0.5) is 5.69 Å². The van der Waals surface area contributed by atoms with Crippen molar-refractivity contribution in [1.29, 1.82) is 0 Å². The summed E-state index contributed by atoms with van der Waals surface area (Å²) in [5.41, 5.74) is 1.69. The van der Waals surface area contributed by atoms with Crippen LogP contribution < -0.4 is 5.32 Å². The molecule has 18 heavy (non-hydrogen) atoms. The SMILES string of the molecule is C=C(C)Nc1ccc(Cl)c(C(=O)CBr)c1Cl.CC. The Bertz CT molecular complexity index is 447. The number of hydrogen-bond acceptors (Lipinski definition) is 2. The zero-order chi connectivity index (χ0) is 14.3. The molecule has 0 bridgehead atoms. The molecule has 0 amide bonds. The van der Waals surface area contributed by atoms with Crippen molar-refractivity contribution >= 4 is 50.6 Å². The lowest BCUT2D eigenvalue weighted by atomic mass is 10.1. The predicted octanol–water partition coefficient (Wildman–Crippen LogP) is 5.54. The zero-order valence-corrected chi connectivity index (χ0v) is 13.7. The van der Waals surface area contributed by atoms with Gasteiger partial charge in [-0.2, -0.15) is 0 Å². The fourth-order valence-electron chi connectivity index (χ4n) is 1.20. The molecule has 0 aliphatic carbocycles. The second-order valence-electron chi connectivity index (χ2n) is 3.25. The van der Waals surface area contributed by atoms with E-state index in [1.807, 2.05) is 13.8 Å². The quantitative estimate of drug-likeness (QED) is 0.569. The summed E-state index contributed by atoms with van der Waals surface area (Å²) in [7, 11) is 0. The average Bonchev–Trinajstić information content (AvgIpc) is 2.35. The molecule has 1 N–H and O–H groups in total. The molecule has 0 aliphatic heterocycles. The van der Waals surface area contributed by atoms with Crippen molar-refractivity contribution in [3.63, 3.8) is 0 Å². The van der Waals surface area contributed by atoms with E-state index in [1.165, 1.54) is 0 Å². The second-order valence-corrected chi connectivity index (χ2v) is 4.59. The maximum absolute atomic E-state index is 11.6. The van der Waals surface area contributed by atoms with Crippen LogP contribution in [0.15, 0.2) is 24.4 Å². The van der Waals surface area contributed by atoms with Crippen LogP contribution in [0.5, 0.6) is 0 Å². The van der Waals surface area contributed by atoms with Gasteiger partial charge < -0.3 is 5.32 Å². The molecular formula is C13H16BrCl2NO. The van der Waals surface area contributed by atoms with Gasteiger partial charge in [0.15, 0.2) is 5.78 Å². The van der Waals surface area contributed by atoms with E-state index in [0.717, 1.165) is 5.70 Å². The summed E-state index contributed by atoms with van der Waals surface area (Å²) in [5.74, 6) is -0.152. The van der Waals surface area contributed by atoms with Crippen molar-refractivity contribution in [3.05, 3.63) is 40.0 Å². The molecular weight excluding hydrogens is 337 g/mol. The van der Waals surface area contributed by atoms with Crippen LogP contribution >= 0.6 is 39.1 Å². The zero-order valence-electron chi connectivity index (χ0n) is 10.6. The molecule has 100 valence electrons. The van der Waals surface area contributed by atoms with Crippen LogP contribution in [0.2, 0.25) is 10.0 Å². The molecule has 1 aromatic carbocycles. The number of carbonyl (C=O) groups excluding carboxylic acids is 1. The number of nitrogens with one attached hydrogen (secondary N) is 1. The first-order chi connectivity index (χ1) is 8.47. The maximum atomic E-state index is 11.6. The average molecular weight is 353 g/mol. The summed E-state index contributed by atoms with van der Waals surface area (Å²) in [6.07, 6.45) is 0. The Labute approximate surface area is 126 Å². The summed E-state index contributed by atoms with van der Waals surface area (Å²) in [6.45, 7) is 9.51. The summed E-state index contributed by atoms with van der Waals surface area (Å²) < 4.78 is 0. The highest BCUT2D eigenvalue weighted by Crippen LogP contribution is 2.32. The number of allylic oxidation sites excluding steroid dienone is 1. The number of Topliss-reactive ketones (excluding diaryl/α,β-unsaturated/α-hetero) is 1. The van der Waals surface area contributed by atoms with Crippen molar-refractivity contribution in [2.45, 2.75) is 20.8 Å². The van der Waals surface area contributed by atoms with Gasteiger partial charge in [-0.1, -0.05) is 59.6 Å². The number of benzene rings is 1. The van der Waals surface area contributed by atoms with Crippen molar-refractivity contribution in [3.8, 4) is 0 Å². The second kappa shape index (κ2) is 8.57. The van der Waals surface area contributed by atoms with Crippen LogP contribution in [0.25, 0.3) is 0 Å². The summed E-state index contributed by atoms with van der Waals surface area (Å²) in [4.78, 5) is 11.6. The van der Waals surface area contributed by atoms with Crippen LogP contribution in [0.1, 0.15) is 31.1 Å². The molecule has 0 atom stereocenters. The lowest BCUT2D eigenvalue weighted by Crippen LogP contribution is -2.05. The van der Waals surface area contributed by atoms with Crippen LogP contribution in [0.3, 0.4) is 0 Å². The molecule has 0 aromatic heterocycles. The van der Waals surface area contributed by atoms with Crippen LogP contribution in [0, 0.1) is 0 Å². The minimum absolute atomic E-state index is 0.152. The monoisotopic (exact) mass is 351 g/mol. The third-order valence-electron chi connectivity index (χ3n) is 1.84. The fraction of sp³-hybridized carbons (Fsp3) is 0.308. The van der Waals surface area contributed by atoms with Gasteiger partial charge in [0.1, 0.15) is 0 Å². The molecule has 0 radical (unpaired) electrons. The van der Waals surface area contributed by atoms with Crippen molar-refractivity contribution in [2.24, 2.45) is 0 Å². The number of halogens is 3. The molecule has 0 saturated carbocycles. The van der Waals surface area contributed by atoms with E-state index >= 15 is 0 Å². The molecule has 5 heteroatoms. The molecule has 0 heterocycles. The van der Waals surface area contributed by atoms with Gasteiger partial charge in [-0.3, -0.25) is 4.79 Å². The van der Waals surface area contributed by atoms with E-state index in [-0.39, 0.29) is 11.1 Å². The Balaban J connectivity index is 0.00000137. The highest BCUT2D eigenvalue weighted by atomic mass is 79.9. The smallest absolute Gasteiger partial charge is 0.176 e. The largest absolute Gasteiger partial charge is 0.358 e. The van der Waals surface area contributed by atoms with Gasteiger partial charge in [-0.05, 0) is 19.1 Å².